The Hall–Kier alpha value is -1.06. The molecule has 0 radical (unpaired) electrons. The van der Waals surface area contributed by atoms with Crippen LogP contribution in [0, 0.1) is 6.92 Å². The summed E-state index contributed by atoms with van der Waals surface area (Å²) >= 11 is 7.85. The Balaban J connectivity index is 1.88. The minimum Gasteiger partial charge on any atom is -0.377 e. The number of fused-ring (bicyclic) bond motifs is 1. The van der Waals surface area contributed by atoms with Crippen molar-refractivity contribution in [3.63, 3.8) is 0 Å². The summed E-state index contributed by atoms with van der Waals surface area (Å²) in [4.78, 5) is 5.76. The first-order chi connectivity index (χ1) is 8.74. The third-order valence-electron chi connectivity index (χ3n) is 3.42. The molecular weight excluding hydrogens is 264 g/mol. The third kappa shape index (κ3) is 2.25. The van der Waals surface area contributed by atoms with Crippen molar-refractivity contribution < 1.29 is 0 Å². The first kappa shape index (κ1) is 12.0. The Kier molecular flexibility index (Phi) is 3.27. The minimum absolute atomic E-state index is 0.375. The molecule has 0 saturated heterocycles. The number of rotatable bonds is 2. The van der Waals surface area contributed by atoms with Crippen LogP contribution in [0.4, 0.5) is 5.69 Å². The first-order valence-corrected chi connectivity index (χ1v) is 7.40. The van der Waals surface area contributed by atoms with Crippen molar-refractivity contribution in [1.82, 2.24) is 4.98 Å². The monoisotopic (exact) mass is 278 g/mol. The van der Waals surface area contributed by atoms with Gasteiger partial charge in [-0.15, -0.1) is 11.3 Å². The highest BCUT2D eigenvalue weighted by molar-refractivity contribution is 7.16. The van der Waals surface area contributed by atoms with Crippen LogP contribution in [0.2, 0.25) is 4.34 Å². The lowest BCUT2D eigenvalue weighted by atomic mass is 9.94. The highest BCUT2D eigenvalue weighted by atomic mass is 35.5. The number of halogens is 1. The Bertz CT molecular complexity index is 565. The van der Waals surface area contributed by atoms with Crippen molar-refractivity contribution in [3.05, 3.63) is 44.9 Å². The van der Waals surface area contributed by atoms with E-state index in [1.165, 1.54) is 16.9 Å². The van der Waals surface area contributed by atoms with Crippen molar-refractivity contribution in [2.45, 2.75) is 32.2 Å². The average molecular weight is 279 g/mol. The van der Waals surface area contributed by atoms with E-state index in [2.05, 4.69) is 22.4 Å². The van der Waals surface area contributed by atoms with Crippen LogP contribution < -0.4 is 5.32 Å². The van der Waals surface area contributed by atoms with Gasteiger partial charge in [-0.25, -0.2) is 0 Å². The third-order valence-corrected chi connectivity index (χ3v) is 4.76. The second-order valence-electron chi connectivity index (χ2n) is 4.65. The van der Waals surface area contributed by atoms with Gasteiger partial charge >= 0.3 is 0 Å². The molecule has 2 aromatic rings. The van der Waals surface area contributed by atoms with E-state index < -0.39 is 0 Å². The summed E-state index contributed by atoms with van der Waals surface area (Å²) in [5, 5.41) is 3.60. The molecule has 0 amide bonds. The summed E-state index contributed by atoms with van der Waals surface area (Å²) < 4.78 is 0.900. The largest absolute Gasteiger partial charge is 0.377 e. The van der Waals surface area contributed by atoms with Gasteiger partial charge in [0, 0.05) is 11.1 Å². The predicted molar refractivity (Wildman–Crippen MR) is 77.6 cm³/mol. The van der Waals surface area contributed by atoms with Gasteiger partial charge in [0.1, 0.15) is 0 Å². The van der Waals surface area contributed by atoms with Crippen LogP contribution in [-0.2, 0) is 6.42 Å². The molecule has 0 bridgehead atoms. The molecule has 94 valence electrons. The predicted octanol–water partition coefficient (Wildman–Crippen LogP) is 4.59. The fourth-order valence-electron chi connectivity index (χ4n) is 2.50. The topological polar surface area (TPSA) is 24.9 Å². The highest BCUT2D eigenvalue weighted by Gasteiger charge is 2.22. The molecule has 0 aliphatic heterocycles. The summed E-state index contributed by atoms with van der Waals surface area (Å²) in [5.74, 6) is 0. The van der Waals surface area contributed by atoms with Gasteiger partial charge < -0.3 is 5.32 Å². The van der Waals surface area contributed by atoms with E-state index in [1.807, 2.05) is 19.2 Å². The lowest BCUT2D eigenvalue weighted by molar-refractivity contribution is 0.608. The quantitative estimate of drug-likeness (QED) is 0.869. The van der Waals surface area contributed by atoms with Crippen molar-refractivity contribution >= 4 is 28.6 Å². The molecule has 1 N–H and O–H groups in total. The van der Waals surface area contributed by atoms with E-state index >= 15 is 0 Å². The number of anilines is 1. The zero-order chi connectivity index (χ0) is 12.5. The SMILES string of the molecule is Cc1ncccc1NC1CCCc2sc(Cl)cc21. The smallest absolute Gasteiger partial charge is 0.0934 e. The maximum absolute atomic E-state index is 6.13. The number of aryl methyl sites for hydroxylation is 2. The van der Waals surface area contributed by atoms with Gasteiger partial charge in [0.25, 0.3) is 0 Å². The second kappa shape index (κ2) is 4.90. The van der Waals surface area contributed by atoms with Crippen LogP contribution in [0.1, 0.15) is 35.0 Å². The lowest BCUT2D eigenvalue weighted by Gasteiger charge is -2.25. The molecule has 0 spiro atoms. The van der Waals surface area contributed by atoms with E-state index in [-0.39, 0.29) is 0 Å². The molecule has 0 fully saturated rings. The molecule has 18 heavy (non-hydrogen) atoms. The maximum Gasteiger partial charge on any atom is 0.0934 e. The van der Waals surface area contributed by atoms with Crippen LogP contribution in [0.5, 0.6) is 0 Å². The van der Waals surface area contributed by atoms with Gasteiger partial charge in [-0.2, -0.15) is 0 Å². The Labute approximate surface area is 116 Å². The van der Waals surface area contributed by atoms with E-state index in [0.717, 1.165) is 28.6 Å². The van der Waals surface area contributed by atoms with Crippen molar-refractivity contribution in [1.29, 1.82) is 0 Å². The molecule has 2 aromatic heterocycles. The average Bonchev–Trinajstić information content (AvgIpc) is 2.73. The number of pyridine rings is 1. The molecule has 1 unspecified atom stereocenters. The summed E-state index contributed by atoms with van der Waals surface area (Å²) in [6.45, 7) is 2.03. The Morgan fingerprint density at radius 2 is 2.39 bits per heavy atom. The van der Waals surface area contributed by atoms with E-state index in [9.17, 15) is 0 Å². The standard InChI is InChI=1S/C14H15ClN2S/c1-9-11(5-3-7-16-9)17-12-4-2-6-13-10(12)8-14(15)18-13/h3,5,7-8,12,17H,2,4,6H2,1H3. The normalized spacial score (nSPS) is 18.4. The van der Waals surface area contributed by atoms with Crippen LogP contribution in [0.25, 0.3) is 0 Å². The molecule has 1 aliphatic carbocycles. The highest BCUT2D eigenvalue weighted by Crippen LogP contribution is 2.39. The first-order valence-electron chi connectivity index (χ1n) is 6.20. The molecule has 4 heteroatoms. The van der Waals surface area contributed by atoms with E-state index in [1.54, 1.807) is 11.3 Å². The fourth-order valence-corrected chi connectivity index (χ4v) is 3.88. The summed E-state index contributed by atoms with van der Waals surface area (Å²) in [5.41, 5.74) is 3.54. The van der Waals surface area contributed by atoms with Crippen molar-refractivity contribution in [2.75, 3.05) is 5.32 Å². The van der Waals surface area contributed by atoms with Crippen LogP contribution >= 0.6 is 22.9 Å². The number of thiophene rings is 1. The molecule has 1 atom stereocenters. The Morgan fingerprint density at radius 1 is 1.50 bits per heavy atom. The molecule has 3 rings (SSSR count). The van der Waals surface area contributed by atoms with E-state index in [0.29, 0.717) is 6.04 Å². The number of nitrogens with one attached hydrogen (secondary N) is 1. The molecule has 0 aromatic carbocycles. The van der Waals surface area contributed by atoms with Crippen LogP contribution in [0.15, 0.2) is 24.4 Å². The van der Waals surface area contributed by atoms with Crippen LogP contribution in [-0.4, -0.2) is 4.98 Å². The summed E-state index contributed by atoms with van der Waals surface area (Å²) in [6.07, 6.45) is 5.38. The van der Waals surface area contributed by atoms with Crippen molar-refractivity contribution in [2.24, 2.45) is 0 Å². The van der Waals surface area contributed by atoms with Gasteiger partial charge in [-0.1, -0.05) is 11.6 Å². The maximum atomic E-state index is 6.13. The van der Waals surface area contributed by atoms with Gasteiger partial charge in [0.2, 0.25) is 0 Å². The number of aromatic nitrogens is 1. The number of hydrogen-bond acceptors (Lipinski definition) is 3. The molecule has 2 nitrogen and oxygen atoms in total. The number of nitrogens with zero attached hydrogens (tertiary/aromatic N) is 1. The molecule has 1 aliphatic rings. The minimum atomic E-state index is 0.375. The summed E-state index contributed by atoms with van der Waals surface area (Å²) in [6, 6.07) is 6.55. The zero-order valence-electron chi connectivity index (χ0n) is 10.2. The molecule has 2 heterocycles. The second-order valence-corrected chi connectivity index (χ2v) is 6.42. The Morgan fingerprint density at radius 3 is 3.22 bits per heavy atom. The summed E-state index contributed by atoms with van der Waals surface area (Å²) in [7, 11) is 0. The molecule has 0 saturated carbocycles. The van der Waals surface area contributed by atoms with Gasteiger partial charge in [0.15, 0.2) is 0 Å². The molecular formula is C14H15ClN2S. The van der Waals surface area contributed by atoms with Crippen LogP contribution in [0.3, 0.4) is 0 Å². The van der Waals surface area contributed by atoms with E-state index in [4.69, 9.17) is 11.6 Å². The zero-order valence-corrected chi connectivity index (χ0v) is 11.8. The van der Waals surface area contributed by atoms with Gasteiger partial charge in [-0.3, -0.25) is 4.98 Å². The lowest BCUT2D eigenvalue weighted by Crippen LogP contribution is -2.16. The number of hydrogen-bond donors (Lipinski definition) is 1. The van der Waals surface area contributed by atoms with Gasteiger partial charge in [0.05, 0.1) is 21.8 Å². The van der Waals surface area contributed by atoms with Gasteiger partial charge in [-0.05, 0) is 49.9 Å². The fraction of sp³-hybridized carbons (Fsp3) is 0.357. The van der Waals surface area contributed by atoms with Crippen molar-refractivity contribution in [3.8, 4) is 0 Å².